The lowest BCUT2D eigenvalue weighted by Crippen LogP contribution is -2.13. The van der Waals surface area contributed by atoms with E-state index in [1.807, 2.05) is 0 Å². The summed E-state index contributed by atoms with van der Waals surface area (Å²) >= 11 is 1.55. The maximum absolute atomic E-state index is 12.8. The molecular formula is C18H21FOS. The second kappa shape index (κ2) is 7.62. The van der Waals surface area contributed by atoms with Crippen LogP contribution in [0.5, 0.6) is 0 Å². The third-order valence-corrected chi connectivity index (χ3v) is 4.53. The van der Waals surface area contributed by atoms with Crippen molar-refractivity contribution in [1.82, 2.24) is 0 Å². The predicted molar refractivity (Wildman–Crippen MR) is 87.4 cm³/mol. The number of rotatable bonds is 6. The molecule has 0 aromatic heterocycles. The van der Waals surface area contributed by atoms with Gasteiger partial charge in [-0.25, -0.2) is 4.39 Å². The van der Waals surface area contributed by atoms with Crippen LogP contribution < -0.4 is 0 Å². The Morgan fingerprint density at radius 1 is 1.00 bits per heavy atom. The summed E-state index contributed by atoms with van der Waals surface area (Å²) in [6, 6.07) is 14.8. The molecule has 1 N–H and O–H groups in total. The fourth-order valence-corrected chi connectivity index (χ4v) is 2.92. The van der Waals surface area contributed by atoms with Gasteiger partial charge in [0, 0.05) is 10.6 Å². The van der Waals surface area contributed by atoms with Gasteiger partial charge in [-0.2, -0.15) is 0 Å². The van der Waals surface area contributed by atoms with E-state index in [4.69, 9.17) is 0 Å². The number of halogens is 1. The number of aliphatic hydroxyl groups excluding tert-OH is 1. The first-order valence-corrected chi connectivity index (χ1v) is 8.18. The van der Waals surface area contributed by atoms with E-state index in [1.54, 1.807) is 23.9 Å². The largest absolute Gasteiger partial charge is 0.392 e. The zero-order valence-electron chi connectivity index (χ0n) is 12.4. The number of thioether (sulfide) groups is 1. The zero-order chi connectivity index (χ0) is 15.2. The molecule has 21 heavy (non-hydrogen) atoms. The molecule has 0 radical (unpaired) electrons. The molecule has 1 atom stereocenters. The van der Waals surface area contributed by atoms with Crippen molar-refractivity contribution in [1.29, 1.82) is 0 Å². The Morgan fingerprint density at radius 3 is 2.19 bits per heavy atom. The van der Waals surface area contributed by atoms with Gasteiger partial charge in [-0.1, -0.05) is 38.1 Å². The lowest BCUT2D eigenvalue weighted by atomic mass is 10.00. The maximum atomic E-state index is 12.8. The monoisotopic (exact) mass is 304 g/mol. The fourth-order valence-electron chi connectivity index (χ4n) is 2.09. The number of hydrogen-bond acceptors (Lipinski definition) is 2. The Hall–Kier alpha value is -1.32. The van der Waals surface area contributed by atoms with Crippen LogP contribution in [-0.4, -0.2) is 17.0 Å². The molecule has 1 nitrogen and oxygen atoms in total. The fraction of sp³-hybridized carbons (Fsp3) is 0.333. The van der Waals surface area contributed by atoms with Crippen molar-refractivity contribution in [3.05, 3.63) is 65.5 Å². The summed E-state index contributed by atoms with van der Waals surface area (Å²) in [7, 11) is 0. The van der Waals surface area contributed by atoms with Gasteiger partial charge in [0.15, 0.2) is 0 Å². The van der Waals surface area contributed by atoms with E-state index in [9.17, 15) is 9.50 Å². The summed E-state index contributed by atoms with van der Waals surface area (Å²) in [5, 5.41) is 10.1. The van der Waals surface area contributed by atoms with Crippen LogP contribution in [0.2, 0.25) is 0 Å². The molecule has 0 saturated heterocycles. The summed E-state index contributed by atoms with van der Waals surface area (Å²) in [6.07, 6.45) is 0.247. The Kier molecular flexibility index (Phi) is 5.83. The molecule has 0 spiro atoms. The first-order chi connectivity index (χ1) is 10.0. The topological polar surface area (TPSA) is 20.2 Å². The Labute approximate surface area is 130 Å². The van der Waals surface area contributed by atoms with Gasteiger partial charge in [0.25, 0.3) is 0 Å². The molecule has 0 heterocycles. The molecule has 112 valence electrons. The van der Waals surface area contributed by atoms with Gasteiger partial charge in [0.2, 0.25) is 0 Å². The molecule has 0 saturated carbocycles. The van der Waals surface area contributed by atoms with Gasteiger partial charge >= 0.3 is 0 Å². The van der Waals surface area contributed by atoms with Gasteiger partial charge in [0.05, 0.1) is 6.10 Å². The molecule has 1 unspecified atom stereocenters. The van der Waals surface area contributed by atoms with Crippen molar-refractivity contribution in [3.8, 4) is 0 Å². The zero-order valence-corrected chi connectivity index (χ0v) is 13.2. The first kappa shape index (κ1) is 16.1. The molecule has 2 aromatic carbocycles. The molecule has 0 aliphatic rings. The average molecular weight is 304 g/mol. The van der Waals surface area contributed by atoms with Crippen molar-refractivity contribution in [3.63, 3.8) is 0 Å². The SMILES string of the molecule is CC(C)c1ccc(CC(O)CSc2ccc(F)cc2)cc1. The van der Waals surface area contributed by atoms with Gasteiger partial charge < -0.3 is 5.11 Å². The molecule has 0 aliphatic heterocycles. The van der Waals surface area contributed by atoms with Gasteiger partial charge in [-0.05, 0) is 47.7 Å². The van der Waals surface area contributed by atoms with Gasteiger partial charge in [-0.3, -0.25) is 0 Å². The smallest absolute Gasteiger partial charge is 0.123 e. The van der Waals surface area contributed by atoms with Crippen LogP contribution in [0.3, 0.4) is 0 Å². The highest BCUT2D eigenvalue weighted by Crippen LogP contribution is 2.21. The number of hydrogen-bond donors (Lipinski definition) is 1. The van der Waals surface area contributed by atoms with Crippen molar-refractivity contribution in [2.24, 2.45) is 0 Å². The lowest BCUT2D eigenvalue weighted by molar-refractivity contribution is 0.200. The van der Waals surface area contributed by atoms with E-state index in [1.165, 1.54) is 17.7 Å². The van der Waals surface area contributed by atoms with Crippen LogP contribution in [0.15, 0.2) is 53.4 Å². The quantitative estimate of drug-likeness (QED) is 0.784. The van der Waals surface area contributed by atoms with Crippen LogP contribution in [0.25, 0.3) is 0 Å². The minimum atomic E-state index is -0.398. The second-order valence-electron chi connectivity index (χ2n) is 5.52. The maximum Gasteiger partial charge on any atom is 0.123 e. The standard InChI is InChI=1S/C18H21FOS/c1-13(2)15-5-3-14(4-6-15)11-17(20)12-21-18-9-7-16(19)8-10-18/h3-10,13,17,20H,11-12H2,1-2H3. The van der Waals surface area contributed by atoms with Crippen LogP contribution in [0.1, 0.15) is 30.9 Å². The van der Waals surface area contributed by atoms with Crippen molar-refractivity contribution < 1.29 is 9.50 Å². The Morgan fingerprint density at radius 2 is 1.62 bits per heavy atom. The second-order valence-corrected chi connectivity index (χ2v) is 6.61. The molecule has 2 aromatic rings. The Bertz CT molecular complexity index is 548. The summed E-state index contributed by atoms with van der Waals surface area (Å²) < 4.78 is 12.8. The normalized spacial score (nSPS) is 12.6. The third-order valence-electron chi connectivity index (χ3n) is 3.37. The molecule has 0 aliphatic carbocycles. The van der Waals surface area contributed by atoms with Crippen molar-refractivity contribution >= 4 is 11.8 Å². The summed E-state index contributed by atoms with van der Waals surface area (Å²) in [6.45, 7) is 4.34. The highest BCUT2D eigenvalue weighted by atomic mass is 32.2. The van der Waals surface area contributed by atoms with Crippen LogP contribution in [0.4, 0.5) is 4.39 Å². The van der Waals surface area contributed by atoms with E-state index in [0.29, 0.717) is 18.1 Å². The molecule has 0 bridgehead atoms. The van der Waals surface area contributed by atoms with Crippen LogP contribution in [0, 0.1) is 5.82 Å². The molecular weight excluding hydrogens is 283 g/mol. The first-order valence-electron chi connectivity index (χ1n) is 7.20. The minimum Gasteiger partial charge on any atom is -0.392 e. The summed E-state index contributed by atoms with van der Waals surface area (Å²) in [5.74, 6) is 0.903. The molecule has 2 rings (SSSR count). The summed E-state index contributed by atoms with van der Waals surface area (Å²) in [5.41, 5.74) is 2.46. The Balaban J connectivity index is 1.83. The molecule has 0 fully saturated rings. The number of aliphatic hydroxyl groups is 1. The molecule has 0 amide bonds. The van der Waals surface area contributed by atoms with Crippen LogP contribution in [-0.2, 0) is 6.42 Å². The average Bonchev–Trinajstić information content (AvgIpc) is 2.47. The predicted octanol–water partition coefficient (Wildman–Crippen LogP) is 4.64. The minimum absolute atomic E-state index is 0.231. The van der Waals surface area contributed by atoms with Crippen LogP contribution >= 0.6 is 11.8 Å². The van der Waals surface area contributed by atoms with Gasteiger partial charge in [0.1, 0.15) is 5.82 Å². The number of benzene rings is 2. The lowest BCUT2D eigenvalue weighted by Gasteiger charge is -2.12. The van der Waals surface area contributed by atoms with E-state index in [-0.39, 0.29) is 5.82 Å². The van der Waals surface area contributed by atoms with E-state index >= 15 is 0 Å². The summed E-state index contributed by atoms with van der Waals surface area (Å²) in [4.78, 5) is 0.977. The van der Waals surface area contributed by atoms with Gasteiger partial charge in [-0.15, -0.1) is 11.8 Å². The van der Waals surface area contributed by atoms with Crippen molar-refractivity contribution in [2.45, 2.75) is 37.2 Å². The van der Waals surface area contributed by atoms with E-state index in [0.717, 1.165) is 10.5 Å². The third kappa shape index (κ3) is 5.18. The molecule has 3 heteroatoms. The van der Waals surface area contributed by atoms with Crippen molar-refractivity contribution in [2.75, 3.05) is 5.75 Å². The highest BCUT2D eigenvalue weighted by molar-refractivity contribution is 7.99. The van der Waals surface area contributed by atoms with E-state index in [2.05, 4.69) is 38.1 Å². The highest BCUT2D eigenvalue weighted by Gasteiger charge is 2.07. The van der Waals surface area contributed by atoms with E-state index < -0.39 is 6.10 Å².